The molecule has 18 heavy (non-hydrogen) atoms. The van der Waals surface area contributed by atoms with Gasteiger partial charge in [-0.25, -0.2) is 13.1 Å². The van der Waals surface area contributed by atoms with Crippen LogP contribution in [0.4, 0.5) is 0 Å². The molecule has 3 unspecified atom stereocenters. The Bertz CT molecular complexity index is 509. The van der Waals surface area contributed by atoms with Crippen molar-refractivity contribution in [2.75, 3.05) is 0 Å². The van der Waals surface area contributed by atoms with Gasteiger partial charge in [0.1, 0.15) is 5.76 Å². The Hall–Kier alpha value is -0.850. The maximum Gasteiger partial charge on any atom is 0.274 e. The van der Waals surface area contributed by atoms with E-state index in [0.29, 0.717) is 17.6 Å². The Kier molecular flexibility index (Phi) is 3.79. The van der Waals surface area contributed by atoms with Crippen LogP contribution in [0.1, 0.15) is 32.4 Å². The van der Waals surface area contributed by atoms with E-state index in [1.807, 2.05) is 0 Å². The summed E-state index contributed by atoms with van der Waals surface area (Å²) in [5.74, 6) is 1.38. The Morgan fingerprint density at radius 3 is 2.61 bits per heavy atom. The highest BCUT2D eigenvalue weighted by Crippen LogP contribution is 2.32. The molecule has 0 spiro atoms. The van der Waals surface area contributed by atoms with Crippen LogP contribution in [0.2, 0.25) is 0 Å². The molecule has 0 aliphatic heterocycles. The Morgan fingerprint density at radius 2 is 2.11 bits per heavy atom. The summed E-state index contributed by atoms with van der Waals surface area (Å²) in [6, 6.07) is 3.04. The van der Waals surface area contributed by atoms with Gasteiger partial charge in [0.2, 0.25) is 5.09 Å². The lowest BCUT2D eigenvalue weighted by Gasteiger charge is -2.18. The topological polar surface area (TPSA) is 85.3 Å². The summed E-state index contributed by atoms with van der Waals surface area (Å²) in [6.45, 7) is 4.43. The number of hydrogen-bond donors (Lipinski definition) is 2. The molecule has 1 heterocycles. The Balaban J connectivity index is 2.12. The molecule has 0 aromatic carbocycles. The monoisotopic (exact) mass is 272 g/mol. The van der Waals surface area contributed by atoms with Crippen LogP contribution in [-0.4, -0.2) is 14.5 Å². The van der Waals surface area contributed by atoms with E-state index in [4.69, 9.17) is 10.2 Å². The minimum atomic E-state index is -3.56. The van der Waals surface area contributed by atoms with E-state index >= 15 is 0 Å². The quantitative estimate of drug-likeness (QED) is 0.868. The molecule has 1 aliphatic rings. The maximum atomic E-state index is 12.1. The standard InChI is InChI=1S/C12H20N2O3S/c1-8-3-5-11(9(8)2)14-18(15,16)12-6-4-10(7-13)17-12/h4,6,8-9,11,14H,3,5,7,13H2,1-2H3. The molecule has 6 heteroatoms. The summed E-state index contributed by atoms with van der Waals surface area (Å²) in [5, 5.41) is -0.0466. The molecule has 2 rings (SSSR count). The van der Waals surface area contributed by atoms with Gasteiger partial charge in [-0.2, -0.15) is 0 Å². The third-order valence-corrected chi connectivity index (χ3v) is 5.24. The van der Waals surface area contributed by atoms with Gasteiger partial charge in [0.25, 0.3) is 10.0 Å². The van der Waals surface area contributed by atoms with Crippen LogP contribution in [0.15, 0.2) is 21.6 Å². The minimum Gasteiger partial charge on any atom is -0.447 e. The third kappa shape index (κ3) is 2.60. The normalized spacial score (nSPS) is 28.7. The zero-order chi connectivity index (χ0) is 13.3. The van der Waals surface area contributed by atoms with Gasteiger partial charge < -0.3 is 10.2 Å². The van der Waals surface area contributed by atoms with E-state index in [0.717, 1.165) is 12.8 Å². The van der Waals surface area contributed by atoms with Gasteiger partial charge in [-0.05, 0) is 36.8 Å². The highest BCUT2D eigenvalue weighted by atomic mass is 32.2. The predicted molar refractivity (Wildman–Crippen MR) is 68.3 cm³/mol. The number of sulfonamides is 1. The molecule has 1 saturated carbocycles. The van der Waals surface area contributed by atoms with Gasteiger partial charge in [0.05, 0.1) is 6.54 Å². The average Bonchev–Trinajstić information content (AvgIpc) is 2.91. The second-order valence-electron chi connectivity index (χ2n) is 5.07. The van der Waals surface area contributed by atoms with Gasteiger partial charge in [0.15, 0.2) is 0 Å². The highest BCUT2D eigenvalue weighted by molar-refractivity contribution is 7.89. The van der Waals surface area contributed by atoms with Gasteiger partial charge in [-0.3, -0.25) is 0 Å². The van der Waals surface area contributed by atoms with Crippen LogP contribution in [0.5, 0.6) is 0 Å². The molecule has 1 aromatic heterocycles. The molecule has 1 fully saturated rings. The number of furan rings is 1. The average molecular weight is 272 g/mol. The van der Waals surface area contributed by atoms with E-state index in [-0.39, 0.29) is 17.7 Å². The molecule has 102 valence electrons. The molecule has 5 nitrogen and oxygen atoms in total. The lowest BCUT2D eigenvalue weighted by Crippen LogP contribution is -2.37. The fourth-order valence-corrected chi connectivity index (χ4v) is 3.71. The SMILES string of the molecule is CC1CCC(NS(=O)(=O)c2ccc(CN)o2)C1C. The van der Waals surface area contributed by atoms with Crippen molar-refractivity contribution in [2.45, 2.75) is 44.4 Å². The van der Waals surface area contributed by atoms with Crippen LogP contribution in [0, 0.1) is 11.8 Å². The Labute approximate surface area is 108 Å². The van der Waals surface area contributed by atoms with Gasteiger partial charge in [-0.1, -0.05) is 13.8 Å². The highest BCUT2D eigenvalue weighted by Gasteiger charge is 2.33. The maximum absolute atomic E-state index is 12.1. The fourth-order valence-electron chi connectivity index (χ4n) is 2.40. The minimum absolute atomic E-state index is 0.00331. The summed E-state index contributed by atoms with van der Waals surface area (Å²) in [4.78, 5) is 0. The van der Waals surface area contributed by atoms with Crippen molar-refractivity contribution in [3.05, 3.63) is 17.9 Å². The van der Waals surface area contributed by atoms with Crippen molar-refractivity contribution in [3.8, 4) is 0 Å². The molecule has 3 N–H and O–H groups in total. The predicted octanol–water partition coefficient (Wildman–Crippen LogP) is 1.45. The first-order chi connectivity index (χ1) is 8.44. The van der Waals surface area contributed by atoms with E-state index in [9.17, 15) is 8.42 Å². The molecule has 0 bridgehead atoms. The van der Waals surface area contributed by atoms with E-state index in [1.165, 1.54) is 6.07 Å². The van der Waals surface area contributed by atoms with Crippen LogP contribution >= 0.6 is 0 Å². The van der Waals surface area contributed by atoms with E-state index in [1.54, 1.807) is 6.07 Å². The summed E-state index contributed by atoms with van der Waals surface area (Å²) in [5.41, 5.74) is 5.40. The molecule has 0 saturated heterocycles. The second-order valence-corrected chi connectivity index (χ2v) is 6.71. The van der Waals surface area contributed by atoms with Crippen molar-refractivity contribution in [1.82, 2.24) is 4.72 Å². The smallest absolute Gasteiger partial charge is 0.274 e. The first kappa shape index (κ1) is 13.6. The van der Waals surface area contributed by atoms with Gasteiger partial charge in [0, 0.05) is 6.04 Å². The lowest BCUT2D eigenvalue weighted by molar-refractivity contribution is 0.386. The van der Waals surface area contributed by atoms with Crippen molar-refractivity contribution >= 4 is 10.0 Å². The third-order valence-electron chi connectivity index (χ3n) is 3.87. The number of nitrogens with one attached hydrogen (secondary N) is 1. The van der Waals surface area contributed by atoms with Crippen molar-refractivity contribution in [1.29, 1.82) is 0 Å². The van der Waals surface area contributed by atoms with Crippen LogP contribution in [0.25, 0.3) is 0 Å². The number of hydrogen-bond acceptors (Lipinski definition) is 4. The molecule has 1 aromatic rings. The summed E-state index contributed by atoms with van der Waals surface area (Å²) in [7, 11) is -3.56. The van der Waals surface area contributed by atoms with Crippen molar-refractivity contribution in [3.63, 3.8) is 0 Å². The molecule has 0 amide bonds. The first-order valence-electron chi connectivity index (χ1n) is 6.25. The number of rotatable bonds is 4. The van der Waals surface area contributed by atoms with Crippen LogP contribution < -0.4 is 10.5 Å². The molecular weight excluding hydrogens is 252 g/mol. The summed E-state index contributed by atoms with van der Waals surface area (Å²) in [6.07, 6.45) is 1.94. The zero-order valence-corrected chi connectivity index (χ0v) is 11.5. The van der Waals surface area contributed by atoms with Crippen molar-refractivity contribution in [2.24, 2.45) is 17.6 Å². The van der Waals surface area contributed by atoms with Gasteiger partial charge >= 0.3 is 0 Å². The summed E-state index contributed by atoms with van der Waals surface area (Å²) < 4.78 is 32.2. The molecular formula is C12H20N2O3S. The van der Waals surface area contributed by atoms with Gasteiger partial charge in [-0.15, -0.1) is 0 Å². The fraction of sp³-hybridized carbons (Fsp3) is 0.667. The van der Waals surface area contributed by atoms with E-state index < -0.39 is 10.0 Å². The van der Waals surface area contributed by atoms with E-state index in [2.05, 4.69) is 18.6 Å². The molecule has 0 radical (unpaired) electrons. The zero-order valence-electron chi connectivity index (χ0n) is 10.7. The number of nitrogens with two attached hydrogens (primary N) is 1. The lowest BCUT2D eigenvalue weighted by atomic mass is 9.98. The van der Waals surface area contributed by atoms with Crippen molar-refractivity contribution < 1.29 is 12.8 Å². The first-order valence-corrected chi connectivity index (χ1v) is 7.73. The Morgan fingerprint density at radius 1 is 1.39 bits per heavy atom. The molecule has 3 atom stereocenters. The summed E-state index contributed by atoms with van der Waals surface area (Å²) >= 11 is 0. The largest absolute Gasteiger partial charge is 0.447 e. The van der Waals surface area contributed by atoms with Crippen LogP contribution in [0.3, 0.4) is 0 Å². The molecule has 1 aliphatic carbocycles. The second kappa shape index (κ2) is 5.03. The van der Waals surface area contributed by atoms with Crippen LogP contribution in [-0.2, 0) is 16.6 Å².